The Balaban J connectivity index is 1.52. The SMILES string of the molecule is O=C(ON1C(=O)c2ccccc2C1=O)c1cc(N2CCOCC2)ccn1. The summed E-state index contributed by atoms with van der Waals surface area (Å²) in [5, 5.41) is 0.482. The predicted octanol–water partition coefficient (Wildman–Crippen LogP) is 1.29. The van der Waals surface area contributed by atoms with E-state index in [-0.39, 0.29) is 16.8 Å². The minimum Gasteiger partial charge on any atom is -0.378 e. The van der Waals surface area contributed by atoms with Crippen molar-refractivity contribution in [2.24, 2.45) is 0 Å². The van der Waals surface area contributed by atoms with Gasteiger partial charge in [0.05, 0.1) is 24.3 Å². The van der Waals surface area contributed by atoms with Gasteiger partial charge in [0.25, 0.3) is 11.8 Å². The van der Waals surface area contributed by atoms with E-state index in [0.29, 0.717) is 31.4 Å². The van der Waals surface area contributed by atoms with Crippen molar-refractivity contribution in [1.29, 1.82) is 0 Å². The number of aromatic nitrogens is 1. The van der Waals surface area contributed by atoms with E-state index in [1.165, 1.54) is 18.3 Å². The zero-order valence-electron chi connectivity index (χ0n) is 13.8. The molecule has 0 spiro atoms. The van der Waals surface area contributed by atoms with Crippen LogP contribution in [-0.2, 0) is 9.57 Å². The molecule has 1 fully saturated rings. The van der Waals surface area contributed by atoms with Gasteiger partial charge in [-0.05, 0) is 24.3 Å². The summed E-state index contributed by atoms with van der Waals surface area (Å²) in [6.45, 7) is 2.63. The summed E-state index contributed by atoms with van der Waals surface area (Å²) in [5.74, 6) is -2.19. The Labute approximate surface area is 148 Å². The molecule has 8 heteroatoms. The molecule has 1 saturated heterocycles. The highest BCUT2D eigenvalue weighted by Gasteiger charge is 2.39. The molecule has 0 atom stereocenters. The number of anilines is 1. The Morgan fingerprint density at radius 1 is 1.04 bits per heavy atom. The number of carbonyl (C=O) groups excluding carboxylic acids is 3. The molecule has 2 aliphatic rings. The number of pyridine rings is 1. The van der Waals surface area contributed by atoms with Gasteiger partial charge in [-0.25, -0.2) is 9.78 Å². The van der Waals surface area contributed by atoms with Gasteiger partial charge in [0.15, 0.2) is 5.69 Å². The topological polar surface area (TPSA) is 89.0 Å². The molecule has 26 heavy (non-hydrogen) atoms. The van der Waals surface area contributed by atoms with Crippen molar-refractivity contribution in [3.8, 4) is 0 Å². The molecule has 0 aliphatic carbocycles. The van der Waals surface area contributed by atoms with Gasteiger partial charge in [-0.1, -0.05) is 17.2 Å². The van der Waals surface area contributed by atoms with E-state index in [9.17, 15) is 14.4 Å². The fourth-order valence-electron chi connectivity index (χ4n) is 2.93. The van der Waals surface area contributed by atoms with Crippen LogP contribution in [0.15, 0.2) is 42.6 Å². The van der Waals surface area contributed by atoms with E-state index >= 15 is 0 Å². The summed E-state index contributed by atoms with van der Waals surface area (Å²) in [4.78, 5) is 48.0. The Kier molecular flexibility index (Phi) is 4.10. The molecular formula is C18H15N3O5. The number of imide groups is 1. The van der Waals surface area contributed by atoms with Gasteiger partial charge in [0, 0.05) is 25.0 Å². The maximum atomic E-state index is 12.4. The quantitative estimate of drug-likeness (QED) is 0.768. The summed E-state index contributed by atoms with van der Waals surface area (Å²) in [7, 11) is 0. The molecule has 0 bridgehead atoms. The van der Waals surface area contributed by atoms with Crippen LogP contribution < -0.4 is 4.90 Å². The lowest BCUT2D eigenvalue weighted by Crippen LogP contribution is -2.36. The first kappa shape index (κ1) is 16.2. The van der Waals surface area contributed by atoms with Crippen LogP contribution in [-0.4, -0.2) is 54.1 Å². The number of morpholine rings is 1. The average molecular weight is 353 g/mol. The van der Waals surface area contributed by atoms with Crippen molar-refractivity contribution in [2.45, 2.75) is 0 Å². The third-order valence-corrected chi connectivity index (χ3v) is 4.26. The van der Waals surface area contributed by atoms with E-state index in [1.807, 2.05) is 0 Å². The number of amides is 2. The van der Waals surface area contributed by atoms with Gasteiger partial charge in [-0.2, -0.15) is 0 Å². The van der Waals surface area contributed by atoms with Crippen molar-refractivity contribution in [1.82, 2.24) is 10.0 Å². The van der Waals surface area contributed by atoms with E-state index in [2.05, 4.69) is 9.88 Å². The maximum Gasteiger partial charge on any atom is 0.382 e. The van der Waals surface area contributed by atoms with E-state index in [4.69, 9.17) is 9.57 Å². The van der Waals surface area contributed by atoms with Gasteiger partial charge < -0.3 is 14.5 Å². The van der Waals surface area contributed by atoms with Crippen LogP contribution in [0, 0.1) is 0 Å². The summed E-state index contributed by atoms with van der Waals surface area (Å²) in [6.07, 6.45) is 1.49. The molecule has 1 aromatic heterocycles. The summed E-state index contributed by atoms with van der Waals surface area (Å²) in [5.41, 5.74) is 1.24. The molecule has 8 nitrogen and oxygen atoms in total. The van der Waals surface area contributed by atoms with Crippen LogP contribution in [0.5, 0.6) is 0 Å². The fraction of sp³-hybridized carbons (Fsp3) is 0.222. The Bertz CT molecular complexity index is 857. The first-order valence-electron chi connectivity index (χ1n) is 8.14. The number of nitrogens with zero attached hydrogens (tertiary/aromatic N) is 3. The number of carbonyl (C=O) groups is 3. The van der Waals surface area contributed by atoms with Gasteiger partial charge in [0.1, 0.15) is 0 Å². The number of fused-ring (bicyclic) bond motifs is 1. The van der Waals surface area contributed by atoms with Crippen LogP contribution in [0.3, 0.4) is 0 Å². The lowest BCUT2D eigenvalue weighted by atomic mass is 10.1. The molecule has 3 heterocycles. The first-order valence-corrected chi connectivity index (χ1v) is 8.14. The first-order chi connectivity index (χ1) is 12.6. The van der Waals surface area contributed by atoms with E-state index in [1.54, 1.807) is 24.3 Å². The minimum atomic E-state index is -0.866. The molecule has 4 rings (SSSR count). The average Bonchev–Trinajstić information content (AvgIpc) is 2.94. The minimum absolute atomic E-state index is 0.0190. The molecule has 2 aromatic rings. The third-order valence-electron chi connectivity index (χ3n) is 4.26. The maximum absolute atomic E-state index is 12.4. The number of hydrogen-bond donors (Lipinski definition) is 0. The highest BCUT2D eigenvalue weighted by Crippen LogP contribution is 2.23. The Morgan fingerprint density at radius 3 is 2.35 bits per heavy atom. The number of hydrogen-bond acceptors (Lipinski definition) is 7. The zero-order chi connectivity index (χ0) is 18.1. The van der Waals surface area contributed by atoms with Crippen molar-refractivity contribution >= 4 is 23.5 Å². The zero-order valence-corrected chi connectivity index (χ0v) is 13.8. The Hall–Kier alpha value is -3.26. The predicted molar refractivity (Wildman–Crippen MR) is 89.6 cm³/mol. The van der Waals surface area contributed by atoms with Gasteiger partial charge in [-0.15, -0.1) is 0 Å². The number of hydroxylamine groups is 2. The van der Waals surface area contributed by atoms with Crippen LogP contribution in [0.2, 0.25) is 0 Å². The van der Waals surface area contributed by atoms with Crippen LogP contribution in [0.25, 0.3) is 0 Å². The lowest BCUT2D eigenvalue weighted by molar-refractivity contribution is -0.0588. The van der Waals surface area contributed by atoms with Crippen molar-refractivity contribution in [2.75, 3.05) is 31.2 Å². The van der Waals surface area contributed by atoms with Crippen LogP contribution in [0.4, 0.5) is 5.69 Å². The van der Waals surface area contributed by atoms with Crippen LogP contribution in [0.1, 0.15) is 31.2 Å². The van der Waals surface area contributed by atoms with Gasteiger partial charge in [-0.3, -0.25) is 9.59 Å². The number of benzene rings is 1. The fourth-order valence-corrected chi connectivity index (χ4v) is 2.93. The van der Waals surface area contributed by atoms with Gasteiger partial charge >= 0.3 is 5.97 Å². The second-order valence-electron chi connectivity index (χ2n) is 5.83. The highest BCUT2D eigenvalue weighted by atomic mass is 16.7. The Morgan fingerprint density at radius 2 is 1.69 bits per heavy atom. The number of ether oxygens (including phenoxy) is 1. The number of rotatable bonds is 3. The smallest absolute Gasteiger partial charge is 0.378 e. The van der Waals surface area contributed by atoms with Crippen LogP contribution >= 0.6 is 0 Å². The third kappa shape index (κ3) is 2.80. The lowest BCUT2D eigenvalue weighted by Gasteiger charge is -2.28. The van der Waals surface area contributed by atoms with Crippen molar-refractivity contribution < 1.29 is 24.0 Å². The summed E-state index contributed by atoms with van der Waals surface area (Å²) in [6, 6.07) is 9.67. The molecule has 1 aromatic carbocycles. The largest absolute Gasteiger partial charge is 0.382 e. The summed E-state index contributed by atoms with van der Waals surface area (Å²) < 4.78 is 5.31. The van der Waals surface area contributed by atoms with E-state index < -0.39 is 17.8 Å². The molecule has 132 valence electrons. The normalized spacial score (nSPS) is 16.6. The van der Waals surface area contributed by atoms with E-state index in [0.717, 1.165) is 5.69 Å². The molecule has 0 N–H and O–H groups in total. The second kappa shape index (κ2) is 6.57. The monoisotopic (exact) mass is 353 g/mol. The summed E-state index contributed by atoms with van der Waals surface area (Å²) >= 11 is 0. The molecule has 0 saturated carbocycles. The molecule has 0 unspecified atom stereocenters. The second-order valence-corrected chi connectivity index (χ2v) is 5.83. The van der Waals surface area contributed by atoms with Crippen molar-refractivity contribution in [3.63, 3.8) is 0 Å². The van der Waals surface area contributed by atoms with Crippen molar-refractivity contribution in [3.05, 3.63) is 59.4 Å². The molecule has 0 radical (unpaired) electrons. The molecule has 2 amide bonds. The highest BCUT2D eigenvalue weighted by molar-refractivity contribution is 6.21. The van der Waals surface area contributed by atoms with Gasteiger partial charge in [0.2, 0.25) is 0 Å². The molecule has 2 aliphatic heterocycles. The molecular weight excluding hydrogens is 338 g/mol. The standard InChI is InChI=1S/C18H15N3O5/c22-16-13-3-1-2-4-14(13)17(23)21(16)26-18(24)15-11-12(5-6-19-15)20-7-9-25-10-8-20/h1-6,11H,7-10H2.